The zero-order valence-electron chi connectivity index (χ0n) is 7.99. The van der Waals surface area contributed by atoms with Crippen molar-refractivity contribution in [2.45, 2.75) is 5.92 Å². The molecule has 1 aromatic heterocycles. The van der Waals surface area contributed by atoms with Crippen LogP contribution >= 0.6 is 27.5 Å². The molecule has 0 saturated carbocycles. The van der Waals surface area contributed by atoms with Gasteiger partial charge in [0.2, 0.25) is 5.91 Å². The Bertz CT molecular complexity index is 362. The van der Waals surface area contributed by atoms with Crippen molar-refractivity contribution < 1.29 is 4.79 Å². The normalized spacial score (nSPS) is 16.3. The summed E-state index contributed by atoms with van der Waals surface area (Å²) in [6.45, 7) is 1.47. The van der Waals surface area contributed by atoms with Crippen LogP contribution in [0, 0.1) is 0 Å². The molecule has 0 spiro atoms. The molecule has 80 valence electrons. The second-order valence-corrected chi connectivity index (χ2v) is 4.71. The van der Waals surface area contributed by atoms with Gasteiger partial charge >= 0.3 is 0 Å². The minimum atomic E-state index is 0.00466. The van der Waals surface area contributed by atoms with E-state index in [0.717, 1.165) is 23.3 Å². The fourth-order valence-corrected chi connectivity index (χ4v) is 1.99. The lowest BCUT2D eigenvalue weighted by molar-refractivity contribution is -0.132. The Balaban J connectivity index is 1.94. The van der Waals surface area contributed by atoms with Gasteiger partial charge in [0, 0.05) is 35.4 Å². The Morgan fingerprint density at radius 2 is 2.33 bits per heavy atom. The third-order valence-electron chi connectivity index (χ3n) is 2.52. The highest BCUT2D eigenvalue weighted by atomic mass is 79.9. The summed E-state index contributed by atoms with van der Waals surface area (Å²) in [5, 5.41) is 0. The van der Waals surface area contributed by atoms with Crippen LogP contribution in [0.3, 0.4) is 0 Å². The van der Waals surface area contributed by atoms with Crippen LogP contribution in [0.1, 0.15) is 11.6 Å². The average molecular weight is 290 g/mol. The van der Waals surface area contributed by atoms with E-state index in [1.165, 1.54) is 0 Å². The molecule has 0 aromatic carbocycles. The van der Waals surface area contributed by atoms with Gasteiger partial charge in [0.1, 0.15) is 5.88 Å². The maximum Gasteiger partial charge on any atom is 0.237 e. The van der Waals surface area contributed by atoms with Crippen LogP contribution in [0.4, 0.5) is 0 Å². The second-order valence-electron chi connectivity index (χ2n) is 3.53. The number of carbonyl (C=O) groups is 1. The molecule has 1 aliphatic heterocycles. The van der Waals surface area contributed by atoms with Crippen LogP contribution < -0.4 is 0 Å². The highest BCUT2D eigenvalue weighted by molar-refractivity contribution is 9.10. The van der Waals surface area contributed by atoms with E-state index in [1.807, 2.05) is 12.1 Å². The van der Waals surface area contributed by atoms with E-state index in [2.05, 4.69) is 20.9 Å². The molecule has 1 amide bonds. The molecule has 1 aromatic rings. The minimum absolute atomic E-state index is 0.00466. The van der Waals surface area contributed by atoms with E-state index in [9.17, 15) is 4.79 Å². The molecule has 2 heterocycles. The monoisotopic (exact) mass is 288 g/mol. The van der Waals surface area contributed by atoms with Gasteiger partial charge in [-0.3, -0.25) is 9.78 Å². The number of hydrogen-bond acceptors (Lipinski definition) is 2. The fraction of sp³-hybridized carbons (Fsp3) is 0.400. The highest BCUT2D eigenvalue weighted by Crippen LogP contribution is 2.26. The first-order valence-corrected chi connectivity index (χ1v) is 5.98. The number of pyridine rings is 1. The maximum absolute atomic E-state index is 11.2. The van der Waals surface area contributed by atoms with Crippen molar-refractivity contribution in [3.63, 3.8) is 0 Å². The number of nitrogens with zero attached hydrogens (tertiary/aromatic N) is 2. The molecule has 2 rings (SSSR count). The molecule has 1 fully saturated rings. The molecule has 5 heteroatoms. The smallest absolute Gasteiger partial charge is 0.237 e. The quantitative estimate of drug-likeness (QED) is 0.780. The van der Waals surface area contributed by atoms with Crippen LogP contribution in [-0.2, 0) is 4.79 Å². The summed E-state index contributed by atoms with van der Waals surface area (Å²) in [6, 6.07) is 3.95. The third kappa shape index (κ3) is 2.32. The molecule has 3 nitrogen and oxygen atoms in total. The maximum atomic E-state index is 11.2. The third-order valence-corrected chi connectivity index (χ3v) is 3.21. The van der Waals surface area contributed by atoms with Crippen molar-refractivity contribution in [3.05, 3.63) is 28.5 Å². The van der Waals surface area contributed by atoms with Gasteiger partial charge < -0.3 is 4.90 Å². The summed E-state index contributed by atoms with van der Waals surface area (Å²) in [6.07, 6.45) is 1.78. The number of aromatic nitrogens is 1. The van der Waals surface area contributed by atoms with Gasteiger partial charge in [0.15, 0.2) is 0 Å². The zero-order valence-corrected chi connectivity index (χ0v) is 10.3. The molecule has 0 N–H and O–H groups in total. The van der Waals surface area contributed by atoms with E-state index in [1.54, 1.807) is 11.1 Å². The molecule has 1 saturated heterocycles. The van der Waals surface area contributed by atoms with Crippen LogP contribution in [0.25, 0.3) is 0 Å². The van der Waals surface area contributed by atoms with Gasteiger partial charge in [-0.05, 0) is 28.1 Å². The van der Waals surface area contributed by atoms with Gasteiger partial charge in [0.25, 0.3) is 0 Å². The first-order valence-electron chi connectivity index (χ1n) is 4.66. The molecular formula is C10H10BrClN2O. The van der Waals surface area contributed by atoms with Crippen molar-refractivity contribution >= 4 is 33.4 Å². The number of hydrogen-bond donors (Lipinski definition) is 0. The van der Waals surface area contributed by atoms with Crippen molar-refractivity contribution in [3.8, 4) is 0 Å². The molecule has 0 aliphatic carbocycles. The predicted octanol–water partition coefficient (Wildman–Crippen LogP) is 2.01. The molecule has 15 heavy (non-hydrogen) atoms. The Morgan fingerprint density at radius 1 is 1.60 bits per heavy atom. The van der Waals surface area contributed by atoms with Gasteiger partial charge in [0.05, 0.1) is 0 Å². The van der Waals surface area contributed by atoms with Crippen LogP contribution in [0.2, 0.25) is 0 Å². The molecule has 0 bridgehead atoms. The summed E-state index contributed by atoms with van der Waals surface area (Å²) in [5.74, 6) is 0.441. The lowest BCUT2D eigenvalue weighted by Gasteiger charge is -2.38. The van der Waals surface area contributed by atoms with E-state index in [-0.39, 0.29) is 11.8 Å². The van der Waals surface area contributed by atoms with E-state index < -0.39 is 0 Å². The van der Waals surface area contributed by atoms with E-state index in [4.69, 9.17) is 11.6 Å². The molecule has 0 atom stereocenters. The highest BCUT2D eigenvalue weighted by Gasteiger charge is 2.31. The number of halogens is 2. The van der Waals surface area contributed by atoms with Crippen LogP contribution in [0.15, 0.2) is 22.8 Å². The molecular weight excluding hydrogens is 279 g/mol. The summed E-state index contributed by atoms with van der Waals surface area (Å²) in [5.41, 5.74) is 1.04. The number of likely N-dealkylation sites (tertiary alicyclic amines) is 1. The van der Waals surface area contributed by atoms with Crippen molar-refractivity contribution in [2.75, 3.05) is 19.0 Å². The fourth-order valence-electron chi connectivity index (χ4n) is 1.58. The van der Waals surface area contributed by atoms with E-state index >= 15 is 0 Å². The Hall–Kier alpha value is -0.610. The topological polar surface area (TPSA) is 33.2 Å². The molecule has 0 unspecified atom stereocenters. The number of carbonyl (C=O) groups excluding carboxylic acids is 1. The summed E-state index contributed by atoms with van der Waals surface area (Å²) in [7, 11) is 0. The summed E-state index contributed by atoms with van der Waals surface area (Å²) >= 11 is 8.80. The number of rotatable bonds is 2. The zero-order chi connectivity index (χ0) is 10.8. The standard InChI is InChI=1S/C10H10BrClN2O/c11-8-1-2-9(13-4-8)7-5-14(6-7)10(15)3-12/h1-2,4,7H,3,5-6H2. The Kier molecular flexibility index (Phi) is 3.26. The van der Waals surface area contributed by atoms with Crippen LogP contribution in [-0.4, -0.2) is 34.8 Å². The second kappa shape index (κ2) is 4.49. The van der Waals surface area contributed by atoms with Crippen molar-refractivity contribution in [1.82, 2.24) is 9.88 Å². The minimum Gasteiger partial charge on any atom is -0.340 e. The lowest BCUT2D eigenvalue weighted by Crippen LogP contribution is -2.49. The van der Waals surface area contributed by atoms with Crippen molar-refractivity contribution in [1.29, 1.82) is 0 Å². The molecule has 1 aliphatic rings. The lowest BCUT2D eigenvalue weighted by atomic mass is 9.96. The summed E-state index contributed by atoms with van der Waals surface area (Å²) in [4.78, 5) is 17.2. The Morgan fingerprint density at radius 3 is 2.87 bits per heavy atom. The van der Waals surface area contributed by atoms with Gasteiger partial charge in [-0.2, -0.15) is 0 Å². The molecule has 0 radical (unpaired) electrons. The average Bonchev–Trinajstić information content (AvgIpc) is 2.18. The summed E-state index contributed by atoms with van der Waals surface area (Å²) < 4.78 is 0.972. The first kappa shape index (κ1) is 10.9. The van der Waals surface area contributed by atoms with Gasteiger partial charge in [-0.15, -0.1) is 11.6 Å². The first-order chi connectivity index (χ1) is 7.20. The predicted molar refractivity (Wildman–Crippen MR) is 62.0 cm³/mol. The van der Waals surface area contributed by atoms with E-state index in [0.29, 0.717) is 5.92 Å². The number of amides is 1. The van der Waals surface area contributed by atoms with Crippen LogP contribution in [0.5, 0.6) is 0 Å². The van der Waals surface area contributed by atoms with Gasteiger partial charge in [-0.25, -0.2) is 0 Å². The Labute approximate surface area is 102 Å². The van der Waals surface area contributed by atoms with Gasteiger partial charge in [-0.1, -0.05) is 0 Å². The van der Waals surface area contributed by atoms with Crippen molar-refractivity contribution in [2.24, 2.45) is 0 Å². The largest absolute Gasteiger partial charge is 0.340 e. The number of alkyl halides is 1. The SMILES string of the molecule is O=C(CCl)N1CC(c2ccc(Br)cn2)C1.